The van der Waals surface area contributed by atoms with E-state index >= 15 is 0 Å². The average molecular weight is 332 g/mol. The zero-order valence-electron chi connectivity index (χ0n) is 10.8. The van der Waals surface area contributed by atoms with Crippen LogP contribution in [0.5, 0.6) is 0 Å². The number of hydrogen-bond donors (Lipinski definition) is 1. The van der Waals surface area contributed by atoms with Crippen LogP contribution in [-0.2, 0) is 16.1 Å². The number of benzene rings is 1. The minimum atomic E-state index is -0.206. The van der Waals surface area contributed by atoms with Gasteiger partial charge in [0.05, 0.1) is 12.9 Å². The third-order valence-electron chi connectivity index (χ3n) is 2.30. The Morgan fingerprint density at radius 2 is 2.22 bits per heavy atom. The molecule has 0 aromatic heterocycles. The van der Waals surface area contributed by atoms with Gasteiger partial charge in [-0.05, 0) is 17.7 Å². The summed E-state index contributed by atoms with van der Waals surface area (Å²) in [5.41, 5.74) is 1.20. The Hall–Kier alpha value is -0.520. The number of thioether (sulfide) groups is 1. The van der Waals surface area contributed by atoms with Crippen molar-refractivity contribution in [2.24, 2.45) is 0 Å². The van der Waals surface area contributed by atoms with E-state index in [0.29, 0.717) is 11.8 Å². The third-order valence-corrected chi connectivity index (χ3v) is 3.87. The van der Waals surface area contributed by atoms with Gasteiger partial charge in [-0.2, -0.15) is 0 Å². The molecule has 1 aromatic carbocycles. The second-order valence-electron chi connectivity index (χ2n) is 4.15. The first kappa shape index (κ1) is 15.5. The smallest absolute Gasteiger partial charge is 0.315 e. The van der Waals surface area contributed by atoms with Crippen LogP contribution in [0.2, 0.25) is 0 Å². The van der Waals surface area contributed by atoms with Gasteiger partial charge in [0.15, 0.2) is 0 Å². The Labute approximate surface area is 121 Å². The molecule has 18 heavy (non-hydrogen) atoms. The number of hydrogen-bond acceptors (Lipinski definition) is 4. The Kier molecular flexibility index (Phi) is 6.75. The van der Waals surface area contributed by atoms with Crippen LogP contribution in [0.1, 0.15) is 19.4 Å². The highest BCUT2D eigenvalue weighted by Crippen LogP contribution is 2.26. The van der Waals surface area contributed by atoms with E-state index in [2.05, 4.69) is 45.9 Å². The van der Waals surface area contributed by atoms with Crippen LogP contribution < -0.4 is 5.32 Å². The third kappa shape index (κ3) is 5.42. The highest BCUT2D eigenvalue weighted by molar-refractivity contribution is 9.10. The van der Waals surface area contributed by atoms with Crippen LogP contribution in [0.3, 0.4) is 0 Å². The van der Waals surface area contributed by atoms with Crippen LogP contribution in [0, 0.1) is 0 Å². The van der Waals surface area contributed by atoms with Crippen LogP contribution in [-0.4, -0.2) is 24.9 Å². The largest absolute Gasteiger partial charge is 0.468 e. The molecule has 1 aromatic rings. The molecule has 1 rings (SSSR count). The predicted molar refractivity (Wildman–Crippen MR) is 78.9 cm³/mol. The lowest BCUT2D eigenvalue weighted by atomic mass is 10.2. The lowest BCUT2D eigenvalue weighted by Gasteiger charge is -2.12. The van der Waals surface area contributed by atoms with E-state index in [-0.39, 0.29) is 5.97 Å². The van der Waals surface area contributed by atoms with Crippen LogP contribution in [0.4, 0.5) is 0 Å². The number of rotatable bonds is 6. The van der Waals surface area contributed by atoms with E-state index in [4.69, 9.17) is 0 Å². The number of halogens is 1. The molecule has 0 aliphatic rings. The molecule has 100 valence electrons. The van der Waals surface area contributed by atoms with Gasteiger partial charge in [0.2, 0.25) is 0 Å². The van der Waals surface area contributed by atoms with Gasteiger partial charge in [0.25, 0.3) is 0 Å². The molecule has 0 bridgehead atoms. The highest BCUT2D eigenvalue weighted by atomic mass is 79.9. The van der Waals surface area contributed by atoms with Crippen molar-refractivity contribution in [2.75, 3.05) is 12.9 Å². The van der Waals surface area contributed by atoms with Gasteiger partial charge in [0, 0.05) is 22.0 Å². The van der Waals surface area contributed by atoms with Gasteiger partial charge in [-0.25, -0.2) is 0 Å². The molecule has 0 fully saturated rings. The van der Waals surface area contributed by atoms with E-state index in [0.717, 1.165) is 15.9 Å². The zero-order chi connectivity index (χ0) is 13.5. The SMILES string of the molecule is COC(=O)CSc1cc(Br)ccc1CNC(C)C. The molecule has 0 heterocycles. The fraction of sp³-hybridized carbons (Fsp3) is 0.462. The van der Waals surface area contributed by atoms with E-state index in [1.807, 2.05) is 12.1 Å². The first-order chi connectivity index (χ1) is 8.52. The normalized spacial score (nSPS) is 10.7. The molecule has 0 saturated carbocycles. The van der Waals surface area contributed by atoms with E-state index in [9.17, 15) is 4.79 Å². The molecular formula is C13H18BrNO2S. The number of carbonyl (C=O) groups excluding carboxylic acids is 1. The van der Waals surface area contributed by atoms with Gasteiger partial charge in [-0.3, -0.25) is 4.79 Å². The van der Waals surface area contributed by atoms with E-state index < -0.39 is 0 Å². The molecule has 3 nitrogen and oxygen atoms in total. The average Bonchev–Trinajstić information content (AvgIpc) is 2.34. The zero-order valence-corrected chi connectivity index (χ0v) is 13.2. The Balaban J connectivity index is 2.73. The number of methoxy groups -OCH3 is 1. The standard InChI is InChI=1S/C13H18BrNO2S/c1-9(2)15-7-10-4-5-11(14)6-12(10)18-8-13(16)17-3/h4-6,9,15H,7-8H2,1-3H3. The quantitative estimate of drug-likeness (QED) is 0.641. The lowest BCUT2D eigenvalue weighted by Crippen LogP contribution is -2.22. The molecule has 1 N–H and O–H groups in total. The molecule has 0 amide bonds. The number of ether oxygens (including phenoxy) is 1. The van der Waals surface area contributed by atoms with Gasteiger partial charge < -0.3 is 10.1 Å². The van der Waals surface area contributed by atoms with Crippen molar-refractivity contribution in [2.45, 2.75) is 31.3 Å². The summed E-state index contributed by atoms with van der Waals surface area (Å²) in [6.07, 6.45) is 0. The summed E-state index contributed by atoms with van der Waals surface area (Å²) in [5, 5.41) is 3.38. The summed E-state index contributed by atoms with van der Waals surface area (Å²) in [7, 11) is 1.41. The van der Waals surface area contributed by atoms with Crippen molar-refractivity contribution < 1.29 is 9.53 Å². The van der Waals surface area contributed by atoms with Crippen molar-refractivity contribution in [3.05, 3.63) is 28.2 Å². The molecule has 0 radical (unpaired) electrons. The second kappa shape index (κ2) is 7.81. The number of carbonyl (C=O) groups is 1. The first-order valence-corrected chi connectivity index (χ1v) is 7.52. The molecule has 0 spiro atoms. The predicted octanol–water partition coefficient (Wildman–Crippen LogP) is 3.21. The maximum atomic E-state index is 11.2. The van der Waals surface area contributed by atoms with E-state index in [1.54, 1.807) is 0 Å². The molecular weight excluding hydrogens is 314 g/mol. The first-order valence-electron chi connectivity index (χ1n) is 5.74. The Bertz CT molecular complexity index is 410. The van der Waals surface area contributed by atoms with Crippen LogP contribution in [0.25, 0.3) is 0 Å². The van der Waals surface area contributed by atoms with E-state index in [1.165, 1.54) is 24.4 Å². The summed E-state index contributed by atoms with van der Waals surface area (Å²) < 4.78 is 5.67. The van der Waals surface area contributed by atoms with Gasteiger partial charge in [-0.1, -0.05) is 35.8 Å². The summed E-state index contributed by atoms with van der Waals surface area (Å²) in [5.74, 6) is 0.129. The van der Waals surface area contributed by atoms with Crippen molar-refractivity contribution in [1.29, 1.82) is 0 Å². The van der Waals surface area contributed by atoms with Crippen molar-refractivity contribution in [3.63, 3.8) is 0 Å². The fourth-order valence-corrected chi connectivity index (χ4v) is 2.76. The summed E-state index contributed by atoms with van der Waals surface area (Å²) in [6, 6.07) is 6.55. The molecule has 0 aliphatic heterocycles. The molecule has 0 saturated heterocycles. The van der Waals surface area contributed by atoms with Crippen LogP contribution >= 0.6 is 27.7 Å². The Morgan fingerprint density at radius 3 is 2.83 bits per heavy atom. The number of nitrogens with one attached hydrogen (secondary N) is 1. The van der Waals surface area contributed by atoms with Crippen molar-refractivity contribution in [3.8, 4) is 0 Å². The molecule has 0 aliphatic carbocycles. The Morgan fingerprint density at radius 1 is 1.50 bits per heavy atom. The monoisotopic (exact) mass is 331 g/mol. The molecule has 0 atom stereocenters. The minimum Gasteiger partial charge on any atom is -0.468 e. The molecule has 5 heteroatoms. The minimum absolute atomic E-state index is 0.206. The highest BCUT2D eigenvalue weighted by Gasteiger charge is 2.08. The summed E-state index contributed by atoms with van der Waals surface area (Å²) in [6.45, 7) is 5.02. The van der Waals surface area contributed by atoms with Crippen molar-refractivity contribution >= 4 is 33.7 Å². The maximum Gasteiger partial charge on any atom is 0.315 e. The lowest BCUT2D eigenvalue weighted by molar-refractivity contribution is -0.137. The number of esters is 1. The second-order valence-corrected chi connectivity index (χ2v) is 6.09. The van der Waals surface area contributed by atoms with Crippen molar-refractivity contribution in [1.82, 2.24) is 5.32 Å². The molecule has 0 unspecified atom stereocenters. The topological polar surface area (TPSA) is 38.3 Å². The van der Waals surface area contributed by atoms with Gasteiger partial charge in [-0.15, -0.1) is 11.8 Å². The van der Waals surface area contributed by atoms with Crippen LogP contribution in [0.15, 0.2) is 27.6 Å². The van der Waals surface area contributed by atoms with Gasteiger partial charge in [0.1, 0.15) is 0 Å². The summed E-state index contributed by atoms with van der Waals surface area (Å²) >= 11 is 4.95. The summed E-state index contributed by atoms with van der Waals surface area (Å²) in [4.78, 5) is 12.3. The maximum absolute atomic E-state index is 11.2. The fourth-order valence-electron chi connectivity index (χ4n) is 1.32. The van der Waals surface area contributed by atoms with Gasteiger partial charge >= 0.3 is 5.97 Å².